The number of carbonyl (C=O) groups is 2. The SMILES string of the molecule is COCCn1c(S[C@H](C)C(=O)NC(=O)NC2CC2)nc(C)c1C. The Labute approximate surface area is 140 Å². The summed E-state index contributed by atoms with van der Waals surface area (Å²) < 4.78 is 7.16. The number of methoxy groups -OCH3 is 1. The van der Waals surface area contributed by atoms with E-state index >= 15 is 0 Å². The molecule has 1 aromatic rings. The molecule has 1 aromatic heterocycles. The van der Waals surface area contributed by atoms with Crippen LogP contribution in [0.3, 0.4) is 0 Å². The molecule has 1 atom stereocenters. The summed E-state index contributed by atoms with van der Waals surface area (Å²) in [6.07, 6.45) is 1.98. The van der Waals surface area contributed by atoms with Crippen LogP contribution in [0, 0.1) is 13.8 Å². The highest BCUT2D eigenvalue weighted by Gasteiger charge is 2.26. The summed E-state index contributed by atoms with van der Waals surface area (Å²) in [5, 5.41) is 5.47. The van der Waals surface area contributed by atoms with Crippen LogP contribution in [0.2, 0.25) is 0 Å². The number of aryl methyl sites for hydroxylation is 1. The van der Waals surface area contributed by atoms with E-state index in [1.807, 2.05) is 18.4 Å². The predicted molar refractivity (Wildman–Crippen MR) is 88.6 cm³/mol. The third-order valence-corrected chi connectivity index (χ3v) is 4.83. The third kappa shape index (κ3) is 4.97. The molecule has 2 rings (SSSR count). The van der Waals surface area contributed by atoms with Crippen molar-refractivity contribution in [3.8, 4) is 0 Å². The van der Waals surface area contributed by atoms with E-state index in [0.717, 1.165) is 29.4 Å². The second kappa shape index (κ2) is 7.83. The Kier molecular flexibility index (Phi) is 6.06. The van der Waals surface area contributed by atoms with Crippen molar-refractivity contribution in [2.75, 3.05) is 13.7 Å². The van der Waals surface area contributed by atoms with Crippen molar-refractivity contribution in [2.24, 2.45) is 0 Å². The first kappa shape index (κ1) is 17.8. The quantitative estimate of drug-likeness (QED) is 0.737. The van der Waals surface area contributed by atoms with E-state index in [9.17, 15) is 9.59 Å². The summed E-state index contributed by atoms with van der Waals surface area (Å²) in [6, 6.07) is -0.191. The number of rotatable bonds is 7. The highest BCUT2D eigenvalue weighted by atomic mass is 32.2. The molecule has 0 radical (unpaired) electrons. The highest BCUT2D eigenvalue weighted by Crippen LogP contribution is 2.25. The molecular weight excluding hydrogens is 316 g/mol. The molecule has 7 nitrogen and oxygen atoms in total. The molecule has 0 aromatic carbocycles. The molecule has 23 heavy (non-hydrogen) atoms. The number of nitrogens with zero attached hydrogens (tertiary/aromatic N) is 2. The minimum Gasteiger partial charge on any atom is -0.383 e. The van der Waals surface area contributed by atoms with E-state index < -0.39 is 11.3 Å². The topological polar surface area (TPSA) is 85.2 Å². The van der Waals surface area contributed by atoms with Gasteiger partial charge in [-0.3, -0.25) is 10.1 Å². The molecule has 2 N–H and O–H groups in total. The molecule has 1 fully saturated rings. The Balaban J connectivity index is 1.95. The predicted octanol–water partition coefficient (Wildman–Crippen LogP) is 1.62. The lowest BCUT2D eigenvalue weighted by atomic mass is 10.4. The smallest absolute Gasteiger partial charge is 0.321 e. The van der Waals surface area contributed by atoms with Crippen molar-refractivity contribution < 1.29 is 14.3 Å². The Bertz CT molecular complexity index is 584. The molecule has 8 heteroatoms. The monoisotopic (exact) mass is 340 g/mol. The van der Waals surface area contributed by atoms with Gasteiger partial charge in [0.25, 0.3) is 0 Å². The molecule has 0 saturated heterocycles. The summed E-state index contributed by atoms with van der Waals surface area (Å²) in [5.41, 5.74) is 1.99. The van der Waals surface area contributed by atoms with Crippen LogP contribution in [0.4, 0.5) is 4.79 Å². The standard InChI is InChI=1S/C15H24N4O3S/c1-9-10(2)19(7-8-22-4)15(16-9)23-11(3)13(20)18-14(21)17-12-5-6-12/h11-12H,5-8H2,1-4H3,(H2,17,18,20,21)/t11-/m1/s1. The Morgan fingerprint density at radius 1 is 1.43 bits per heavy atom. The number of ether oxygens (including phenoxy) is 1. The number of hydrogen-bond acceptors (Lipinski definition) is 5. The van der Waals surface area contributed by atoms with Crippen LogP contribution in [0.15, 0.2) is 5.16 Å². The maximum Gasteiger partial charge on any atom is 0.321 e. The zero-order chi connectivity index (χ0) is 17.0. The van der Waals surface area contributed by atoms with Gasteiger partial charge in [-0.1, -0.05) is 11.8 Å². The number of aromatic nitrogens is 2. The number of hydrogen-bond donors (Lipinski definition) is 2. The molecule has 1 saturated carbocycles. The maximum absolute atomic E-state index is 12.1. The summed E-state index contributed by atoms with van der Waals surface area (Å²) in [6.45, 7) is 6.97. The van der Waals surface area contributed by atoms with Gasteiger partial charge in [0, 0.05) is 25.4 Å². The van der Waals surface area contributed by atoms with Crippen LogP contribution in [0.1, 0.15) is 31.2 Å². The van der Waals surface area contributed by atoms with Crippen LogP contribution in [-0.2, 0) is 16.1 Å². The molecule has 1 heterocycles. The number of thioether (sulfide) groups is 1. The lowest BCUT2D eigenvalue weighted by molar-refractivity contribution is -0.119. The zero-order valence-electron chi connectivity index (χ0n) is 14.0. The number of urea groups is 1. The van der Waals surface area contributed by atoms with Gasteiger partial charge in [0.05, 0.1) is 17.6 Å². The average Bonchev–Trinajstić information content (AvgIpc) is 3.25. The lowest BCUT2D eigenvalue weighted by Crippen LogP contribution is -2.43. The molecule has 1 aliphatic rings. The van der Waals surface area contributed by atoms with E-state index in [-0.39, 0.29) is 11.9 Å². The van der Waals surface area contributed by atoms with Crippen molar-refractivity contribution in [1.29, 1.82) is 0 Å². The van der Waals surface area contributed by atoms with Gasteiger partial charge in [0.15, 0.2) is 5.16 Å². The fourth-order valence-electron chi connectivity index (χ4n) is 2.03. The molecule has 0 spiro atoms. The average molecular weight is 340 g/mol. The summed E-state index contributed by atoms with van der Waals surface area (Å²) >= 11 is 1.34. The Hall–Kier alpha value is -1.54. The van der Waals surface area contributed by atoms with Crippen molar-refractivity contribution >= 4 is 23.7 Å². The van der Waals surface area contributed by atoms with Gasteiger partial charge in [0.1, 0.15) is 0 Å². The van der Waals surface area contributed by atoms with Gasteiger partial charge >= 0.3 is 6.03 Å². The first-order valence-electron chi connectivity index (χ1n) is 7.73. The largest absolute Gasteiger partial charge is 0.383 e. The Morgan fingerprint density at radius 2 is 2.13 bits per heavy atom. The van der Waals surface area contributed by atoms with Gasteiger partial charge in [-0.2, -0.15) is 0 Å². The van der Waals surface area contributed by atoms with Gasteiger partial charge in [-0.05, 0) is 33.6 Å². The van der Waals surface area contributed by atoms with E-state index in [4.69, 9.17) is 4.74 Å². The van der Waals surface area contributed by atoms with Crippen molar-refractivity contribution in [1.82, 2.24) is 20.2 Å². The number of amides is 3. The normalized spacial score (nSPS) is 15.3. The van der Waals surface area contributed by atoms with Crippen molar-refractivity contribution in [3.63, 3.8) is 0 Å². The summed E-state index contributed by atoms with van der Waals surface area (Å²) in [7, 11) is 1.65. The van der Waals surface area contributed by atoms with E-state index in [0.29, 0.717) is 13.2 Å². The van der Waals surface area contributed by atoms with Gasteiger partial charge in [-0.15, -0.1) is 0 Å². The third-order valence-electron chi connectivity index (χ3n) is 3.74. The van der Waals surface area contributed by atoms with Crippen molar-refractivity contribution in [3.05, 3.63) is 11.4 Å². The van der Waals surface area contributed by atoms with Gasteiger partial charge in [0.2, 0.25) is 5.91 Å². The maximum atomic E-state index is 12.1. The molecule has 0 unspecified atom stereocenters. The molecule has 3 amide bonds. The first-order chi connectivity index (χ1) is 10.9. The molecule has 0 aliphatic heterocycles. The number of imide groups is 1. The zero-order valence-corrected chi connectivity index (χ0v) is 14.8. The van der Waals surface area contributed by atoms with Crippen LogP contribution in [-0.4, -0.2) is 46.5 Å². The van der Waals surface area contributed by atoms with Crippen molar-refractivity contribution in [2.45, 2.75) is 56.6 Å². The number of imidazole rings is 1. The minimum atomic E-state index is -0.417. The van der Waals surface area contributed by atoms with E-state index in [1.54, 1.807) is 14.0 Å². The summed E-state index contributed by atoms with van der Waals surface area (Å²) in [4.78, 5) is 28.3. The second-order valence-electron chi connectivity index (χ2n) is 5.71. The second-order valence-corrected chi connectivity index (χ2v) is 7.01. The van der Waals surface area contributed by atoms with Crippen LogP contribution in [0.25, 0.3) is 0 Å². The fraction of sp³-hybridized carbons (Fsp3) is 0.667. The van der Waals surface area contributed by atoms with Crippen LogP contribution < -0.4 is 10.6 Å². The van der Waals surface area contributed by atoms with E-state index in [1.165, 1.54) is 11.8 Å². The van der Waals surface area contributed by atoms with Crippen LogP contribution in [0.5, 0.6) is 0 Å². The highest BCUT2D eigenvalue weighted by molar-refractivity contribution is 8.00. The fourth-order valence-corrected chi connectivity index (χ4v) is 3.06. The molecule has 0 bridgehead atoms. The lowest BCUT2D eigenvalue weighted by Gasteiger charge is -2.13. The van der Waals surface area contributed by atoms with Gasteiger partial charge < -0.3 is 14.6 Å². The first-order valence-corrected chi connectivity index (χ1v) is 8.61. The molecule has 1 aliphatic carbocycles. The van der Waals surface area contributed by atoms with E-state index in [2.05, 4.69) is 15.6 Å². The molecular formula is C15H24N4O3S. The number of nitrogens with one attached hydrogen (secondary N) is 2. The number of carbonyl (C=O) groups excluding carboxylic acids is 2. The molecule has 128 valence electrons. The Morgan fingerprint density at radius 3 is 2.74 bits per heavy atom. The van der Waals surface area contributed by atoms with Crippen LogP contribution >= 0.6 is 11.8 Å². The summed E-state index contributed by atoms with van der Waals surface area (Å²) in [5.74, 6) is -0.315. The minimum absolute atomic E-state index is 0.226. The van der Waals surface area contributed by atoms with Gasteiger partial charge in [-0.25, -0.2) is 9.78 Å².